The van der Waals surface area contributed by atoms with Gasteiger partial charge in [-0.25, -0.2) is 0 Å². The Morgan fingerprint density at radius 1 is 1.27 bits per heavy atom. The highest BCUT2D eigenvalue weighted by molar-refractivity contribution is 5.29. The van der Waals surface area contributed by atoms with E-state index in [9.17, 15) is 0 Å². The molecule has 1 heterocycles. The largest absolute Gasteiger partial charge is 0.494 e. The molecule has 1 aromatic carbocycles. The first-order valence-electron chi connectivity index (χ1n) is 8.49. The standard InChI is InChI=1S/C18H31N3O/c1-4-13-22-17-7-5-15(6-8-17)18(14-19)21(3)16-9-11-20(2)12-10-16/h5-8,16,18H,4,9-14,19H2,1-3H3. The molecule has 1 aliphatic heterocycles. The van der Waals surface area contributed by atoms with Crippen LogP contribution in [0.1, 0.15) is 37.8 Å². The van der Waals surface area contributed by atoms with Gasteiger partial charge in [0, 0.05) is 18.6 Å². The highest BCUT2D eigenvalue weighted by atomic mass is 16.5. The Hall–Kier alpha value is -1.10. The van der Waals surface area contributed by atoms with Crippen LogP contribution in [-0.4, -0.2) is 56.2 Å². The van der Waals surface area contributed by atoms with Gasteiger partial charge in [-0.2, -0.15) is 0 Å². The molecule has 1 saturated heterocycles. The second-order valence-corrected chi connectivity index (χ2v) is 6.37. The molecule has 0 aliphatic carbocycles. The summed E-state index contributed by atoms with van der Waals surface area (Å²) in [5.74, 6) is 0.948. The lowest BCUT2D eigenvalue weighted by atomic mass is 9.98. The van der Waals surface area contributed by atoms with Gasteiger partial charge in [0.25, 0.3) is 0 Å². The van der Waals surface area contributed by atoms with Gasteiger partial charge in [-0.05, 0) is 64.1 Å². The third kappa shape index (κ3) is 4.45. The molecule has 1 aromatic rings. The molecule has 0 aromatic heterocycles. The maximum atomic E-state index is 6.07. The van der Waals surface area contributed by atoms with E-state index in [4.69, 9.17) is 10.5 Å². The van der Waals surface area contributed by atoms with E-state index in [1.54, 1.807) is 0 Å². The van der Waals surface area contributed by atoms with Crippen molar-refractivity contribution < 1.29 is 4.74 Å². The van der Waals surface area contributed by atoms with Crippen LogP contribution in [0.5, 0.6) is 5.75 Å². The maximum absolute atomic E-state index is 6.07. The topological polar surface area (TPSA) is 41.7 Å². The van der Waals surface area contributed by atoms with Crippen LogP contribution < -0.4 is 10.5 Å². The van der Waals surface area contributed by atoms with Crippen LogP contribution in [-0.2, 0) is 0 Å². The molecule has 0 amide bonds. The normalized spacial score (nSPS) is 18.6. The van der Waals surface area contributed by atoms with Gasteiger partial charge in [0.1, 0.15) is 5.75 Å². The molecule has 0 saturated carbocycles. The summed E-state index contributed by atoms with van der Waals surface area (Å²) in [5, 5.41) is 0. The van der Waals surface area contributed by atoms with Crippen molar-refractivity contribution in [2.75, 3.05) is 40.3 Å². The molecule has 1 atom stereocenters. The molecule has 0 spiro atoms. The summed E-state index contributed by atoms with van der Waals surface area (Å²) >= 11 is 0. The van der Waals surface area contributed by atoms with E-state index in [1.807, 2.05) is 0 Å². The fraction of sp³-hybridized carbons (Fsp3) is 0.667. The first-order chi connectivity index (χ1) is 10.7. The van der Waals surface area contributed by atoms with Gasteiger partial charge in [0.15, 0.2) is 0 Å². The fourth-order valence-corrected chi connectivity index (χ4v) is 3.20. The molecular weight excluding hydrogens is 274 g/mol. The Bertz CT molecular complexity index is 426. The smallest absolute Gasteiger partial charge is 0.119 e. The molecule has 2 rings (SSSR count). The molecular formula is C18H31N3O. The zero-order valence-electron chi connectivity index (χ0n) is 14.3. The van der Waals surface area contributed by atoms with E-state index < -0.39 is 0 Å². The summed E-state index contributed by atoms with van der Waals surface area (Å²) in [7, 11) is 4.42. The lowest BCUT2D eigenvalue weighted by Gasteiger charge is -2.39. The van der Waals surface area contributed by atoms with Crippen LogP contribution in [0.25, 0.3) is 0 Å². The van der Waals surface area contributed by atoms with E-state index in [-0.39, 0.29) is 6.04 Å². The van der Waals surface area contributed by atoms with Crippen LogP contribution in [0.2, 0.25) is 0 Å². The Balaban J connectivity index is 2.00. The number of benzene rings is 1. The van der Waals surface area contributed by atoms with Gasteiger partial charge in [-0.1, -0.05) is 19.1 Å². The van der Waals surface area contributed by atoms with Crippen LogP contribution >= 0.6 is 0 Å². The molecule has 124 valence electrons. The average molecular weight is 305 g/mol. The second-order valence-electron chi connectivity index (χ2n) is 6.37. The number of nitrogens with zero attached hydrogens (tertiary/aromatic N) is 2. The van der Waals surface area contributed by atoms with Crippen LogP contribution in [0.4, 0.5) is 0 Å². The highest BCUT2D eigenvalue weighted by Gasteiger charge is 2.26. The predicted molar refractivity (Wildman–Crippen MR) is 92.3 cm³/mol. The number of hydrogen-bond donors (Lipinski definition) is 1. The molecule has 4 nitrogen and oxygen atoms in total. The van der Waals surface area contributed by atoms with E-state index in [0.29, 0.717) is 12.6 Å². The number of hydrogen-bond acceptors (Lipinski definition) is 4. The van der Waals surface area contributed by atoms with Crippen molar-refractivity contribution in [2.24, 2.45) is 5.73 Å². The Morgan fingerprint density at radius 2 is 1.91 bits per heavy atom. The van der Waals surface area contributed by atoms with Crippen molar-refractivity contribution in [3.63, 3.8) is 0 Å². The number of likely N-dealkylation sites (tertiary alicyclic amines) is 1. The van der Waals surface area contributed by atoms with Gasteiger partial charge in [-0.15, -0.1) is 0 Å². The third-order valence-electron chi connectivity index (χ3n) is 4.72. The molecule has 2 N–H and O–H groups in total. The van der Waals surface area contributed by atoms with Crippen LogP contribution in [0, 0.1) is 0 Å². The summed E-state index contributed by atoms with van der Waals surface area (Å²) in [6.07, 6.45) is 3.48. The number of nitrogens with two attached hydrogens (primary N) is 1. The number of likely N-dealkylation sites (N-methyl/N-ethyl adjacent to an activating group) is 1. The van der Waals surface area contributed by atoms with Crippen LogP contribution in [0.3, 0.4) is 0 Å². The van der Waals surface area contributed by atoms with Gasteiger partial charge >= 0.3 is 0 Å². The van der Waals surface area contributed by atoms with E-state index in [0.717, 1.165) is 18.8 Å². The summed E-state index contributed by atoms with van der Waals surface area (Å²) in [6, 6.07) is 9.36. The maximum Gasteiger partial charge on any atom is 0.119 e. The SMILES string of the molecule is CCCOc1ccc(C(CN)N(C)C2CCN(C)CC2)cc1. The minimum absolute atomic E-state index is 0.286. The molecule has 1 unspecified atom stereocenters. The summed E-state index contributed by atoms with van der Waals surface area (Å²) in [6.45, 7) is 5.90. The summed E-state index contributed by atoms with van der Waals surface area (Å²) in [5.41, 5.74) is 7.36. The third-order valence-corrected chi connectivity index (χ3v) is 4.72. The fourth-order valence-electron chi connectivity index (χ4n) is 3.20. The van der Waals surface area contributed by atoms with Gasteiger partial charge < -0.3 is 15.4 Å². The lowest BCUT2D eigenvalue weighted by molar-refractivity contribution is 0.109. The number of piperidine rings is 1. The first kappa shape index (κ1) is 17.3. The minimum atomic E-state index is 0.286. The van der Waals surface area contributed by atoms with E-state index >= 15 is 0 Å². The number of ether oxygens (including phenoxy) is 1. The number of rotatable bonds is 7. The molecule has 4 heteroatoms. The van der Waals surface area contributed by atoms with Gasteiger partial charge in [0.05, 0.1) is 6.61 Å². The summed E-state index contributed by atoms with van der Waals surface area (Å²) in [4.78, 5) is 4.87. The molecule has 22 heavy (non-hydrogen) atoms. The second kappa shape index (κ2) is 8.51. The zero-order chi connectivity index (χ0) is 15.9. The zero-order valence-corrected chi connectivity index (χ0v) is 14.3. The van der Waals surface area contributed by atoms with E-state index in [1.165, 1.54) is 31.5 Å². The first-order valence-corrected chi connectivity index (χ1v) is 8.49. The molecule has 0 bridgehead atoms. The Morgan fingerprint density at radius 3 is 2.45 bits per heavy atom. The molecule has 1 fully saturated rings. The van der Waals surface area contributed by atoms with Crippen molar-refractivity contribution in [3.8, 4) is 5.75 Å². The van der Waals surface area contributed by atoms with Crippen molar-refractivity contribution in [3.05, 3.63) is 29.8 Å². The van der Waals surface area contributed by atoms with E-state index in [2.05, 4.69) is 55.1 Å². The lowest BCUT2D eigenvalue weighted by Crippen LogP contribution is -2.45. The van der Waals surface area contributed by atoms with Crippen LogP contribution in [0.15, 0.2) is 24.3 Å². The summed E-state index contributed by atoms with van der Waals surface area (Å²) < 4.78 is 5.66. The van der Waals surface area contributed by atoms with Crippen molar-refractivity contribution >= 4 is 0 Å². The molecule has 0 radical (unpaired) electrons. The van der Waals surface area contributed by atoms with Crippen molar-refractivity contribution in [2.45, 2.75) is 38.3 Å². The van der Waals surface area contributed by atoms with Gasteiger partial charge in [0.2, 0.25) is 0 Å². The Kier molecular flexibility index (Phi) is 6.68. The monoisotopic (exact) mass is 305 g/mol. The average Bonchev–Trinajstić information content (AvgIpc) is 2.55. The quantitative estimate of drug-likeness (QED) is 0.840. The Labute approximate surface area is 135 Å². The van der Waals surface area contributed by atoms with Gasteiger partial charge in [-0.3, -0.25) is 4.90 Å². The molecule has 1 aliphatic rings. The van der Waals surface area contributed by atoms with Crippen molar-refractivity contribution in [1.82, 2.24) is 9.80 Å². The predicted octanol–water partition coefficient (Wildman–Crippen LogP) is 2.50. The van der Waals surface area contributed by atoms with Crippen molar-refractivity contribution in [1.29, 1.82) is 0 Å². The highest BCUT2D eigenvalue weighted by Crippen LogP contribution is 2.26. The minimum Gasteiger partial charge on any atom is -0.494 e.